The molecule has 1 rings (SSSR count). The highest BCUT2D eigenvalue weighted by atomic mass is 35.5. The van der Waals surface area contributed by atoms with Gasteiger partial charge in [0.2, 0.25) is 5.96 Å². The first-order valence-electron chi connectivity index (χ1n) is 10.7. The van der Waals surface area contributed by atoms with E-state index in [1.807, 2.05) is 13.1 Å². The first-order valence-corrected chi connectivity index (χ1v) is 11.9. The number of hydrogen-bond donors (Lipinski definition) is 7. The summed E-state index contributed by atoms with van der Waals surface area (Å²) in [6.07, 6.45) is 3.54. The number of H-pyrrole nitrogens is 1. The third kappa shape index (κ3) is 19.6. The highest BCUT2D eigenvalue weighted by Crippen LogP contribution is 2.11. The second-order valence-corrected chi connectivity index (χ2v) is 8.36. The van der Waals surface area contributed by atoms with E-state index in [0.717, 1.165) is 39.2 Å². The maximum atomic E-state index is 10.6. The zero-order chi connectivity index (χ0) is 28.2. The summed E-state index contributed by atoms with van der Waals surface area (Å²) >= 11 is 1.79. The van der Waals surface area contributed by atoms with Gasteiger partial charge in [0.1, 0.15) is 0 Å². The Morgan fingerprint density at radius 1 is 1.03 bits per heavy atom. The van der Waals surface area contributed by atoms with Crippen LogP contribution in [0.5, 0.6) is 0 Å². The van der Waals surface area contributed by atoms with E-state index in [4.69, 9.17) is 25.7 Å². The average molecular weight is 581 g/mol. The van der Waals surface area contributed by atoms with Crippen molar-refractivity contribution < 1.29 is 39.6 Å². The average Bonchev–Trinajstić information content (AvgIpc) is 3.20. The SMILES string of the molecule is CN=C(NC#N)NCCSCc1nc[nH]c1C.Cl.O=C(O)CN(CCN(CC(=O)O)CC(=O)O)CC(=O)O. The van der Waals surface area contributed by atoms with Gasteiger partial charge in [-0.2, -0.15) is 17.0 Å². The molecule has 0 radical (unpaired) electrons. The van der Waals surface area contributed by atoms with Crippen molar-refractivity contribution in [3.63, 3.8) is 0 Å². The summed E-state index contributed by atoms with van der Waals surface area (Å²) in [5.74, 6) is -2.59. The first kappa shape index (κ1) is 36.6. The molecule has 18 heteroatoms. The normalized spacial score (nSPS) is 10.6. The number of aliphatic carboxylic acids is 4. The third-order valence-corrected chi connectivity index (χ3v) is 5.25. The molecule has 0 aliphatic rings. The van der Waals surface area contributed by atoms with E-state index in [1.54, 1.807) is 25.1 Å². The summed E-state index contributed by atoms with van der Waals surface area (Å²) in [6, 6.07) is 0. The number of rotatable bonds is 16. The molecule has 0 spiro atoms. The van der Waals surface area contributed by atoms with E-state index in [-0.39, 0.29) is 25.5 Å². The molecule has 0 unspecified atom stereocenters. The van der Waals surface area contributed by atoms with Gasteiger partial charge in [-0.3, -0.25) is 39.3 Å². The van der Waals surface area contributed by atoms with Gasteiger partial charge < -0.3 is 30.7 Å². The smallest absolute Gasteiger partial charge is 0.317 e. The van der Waals surface area contributed by atoms with Crippen molar-refractivity contribution in [1.29, 1.82) is 5.26 Å². The number of guanidine groups is 1. The number of thioether (sulfide) groups is 1. The molecule has 16 nitrogen and oxygen atoms in total. The minimum atomic E-state index is -1.23. The Hall–Kier alpha value is -3.59. The molecule has 0 aliphatic carbocycles. The number of aromatic amines is 1. The summed E-state index contributed by atoms with van der Waals surface area (Å²) in [4.78, 5) is 55.5. The summed E-state index contributed by atoms with van der Waals surface area (Å²) in [7, 11) is 1.63. The Balaban J connectivity index is 0. The lowest BCUT2D eigenvalue weighted by Gasteiger charge is -2.23. The van der Waals surface area contributed by atoms with Crippen LogP contribution in [0.25, 0.3) is 0 Å². The van der Waals surface area contributed by atoms with Gasteiger partial charge in [-0.15, -0.1) is 12.4 Å². The van der Waals surface area contributed by atoms with Gasteiger partial charge in [-0.25, -0.2) is 4.98 Å². The highest BCUT2D eigenvalue weighted by molar-refractivity contribution is 7.98. The van der Waals surface area contributed by atoms with Crippen LogP contribution in [-0.4, -0.2) is 129 Å². The second kappa shape index (κ2) is 21.5. The zero-order valence-corrected chi connectivity index (χ0v) is 22.5. The quantitative estimate of drug-likeness (QED) is 0.0405. The van der Waals surface area contributed by atoms with Crippen LogP contribution < -0.4 is 10.6 Å². The van der Waals surface area contributed by atoms with Crippen molar-refractivity contribution in [3.8, 4) is 6.19 Å². The van der Waals surface area contributed by atoms with Crippen LogP contribution in [0.2, 0.25) is 0 Å². The van der Waals surface area contributed by atoms with Gasteiger partial charge >= 0.3 is 23.9 Å². The Labute approximate surface area is 229 Å². The lowest BCUT2D eigenvalue weighted by Crippen LogP contribution is -2.43. The van der Waals surface area contributed by atoms with Crippen LogP contribution in [0.15, 0.2) is 11.3 Å². The molecule has 0 aliphatic heterocycles. The van der Waals surface area contributed by atoms with Gasteiger partial charge in [0.15, 0.2) is 6.19 Å². The monoisotopic (exact) mass is 580 g/mol. The summed E-state index contributed by atoms with van der Waals surface area (Å²) < 4.78 is 0. The molecule has 0 saturated carbocycles. The molecule has 0 saturated heterocycles. The van der Waals surface area contributed by atoms with Crippen LogP contribution in [0, 0.1) is 18.4 Å². The lowest BCUT2D eigenvalue weighted by molar-refractivity contribution is -0.145. The number of nitriles is 1. The molecule has 7 N–H and O–H groups in total. The first-order chi connectivity index (χ1) is 17.5. The fraction of sp³-hybridized carbons (Fsp3) is 0.550. The van der Waals surface area contributed by atoms with E-state index in [0.29, 0.717) is 5.96 Å². The fourth-order valence-corrected chi connectivity index (χ4v) is 3.53. The zero-order valence-electron chi connectivity index (χ0n) is 20.9. The van der Waals surface area contributed by atoms with Crippen molar-refractivity contribution in [3.05, 3.63) is 17.7 Å². The number of nitrogens with one attached hydrogen (secondary N) is 3. The molecule has 1 aromatic heterocycles. The van der Waals surface area contributed by atoms with Gasteiger partial charge in [0, 0.05) is 43.9 Å². The van der Waals surface area contributed by atoms with E-state index in [1.165, 1.54) is 0 Å². The second-order valence-electron chi connectivity index (χ2n) is 7.26. The number of carboxylic acids is 4. The molecule has 1 heterocycles. The number of aryl methyl sites for hydroxylation is 1. The third-order valence-electron chi connectivity index (χ3n) is 4.28. The number of halogens is 1. The number of nitrogens with zero attached hydrogens (tertiary/aromatic N) is 5. The lowest BCUT2D eigenvalue weighted by atomic mass is 10.4. The molecular formula is C20H33ClN8O8S. The van der Waals surface area contributed by atoms with Crippen molar-refractivity contribution >= 4 is 54.0 Å². The summed E-state index contributed by atoms with van der Waals surface area (Å²) in [5.41, 5.74) is 2.21. The summed E-state index contributed by atoms with van der Waals surface area (Å²) in [5, 5.41) is 48.4. The van der Waals surface area contributed by atoms with Crippen LogP contribution in [0.1, 0.15) is 11.4 Å². The van der Waals surface area contributed by atoms with Crippen LogP contribution in [-0.2, 0) is 24.9 Å². The maximum absolute atomic E-state index is 10.6. The number of imidazole rings is 1. The predicted octanol–water partition coefficient (Wildman–Crippen LogP) is -1.05. The van der Waals surface area contributed by atoms with Crippen molar-refractivity contribution in [2.24, 2.45) is 4.99 Å². The molecule has 0 atom stereocenters. The van der Waals surface area contributed by atoms with E-state index < -0.39 is 50.1 Å². The molecule has 1 aromatic rings. The molecular weight excluding hydrogens is 548 g/mol. The molecule has 0 bridgehead atoms. The minimum absolute atomic E-state index is 0. The van der Waals surface area contributed by atoms with Gasteiger partial charge in [0.25, 0.3) is 0 Å². The summed E-state index contributed by atoms with van der Waals surface area (Å²) in [6.45, 7) is 0.523. The minimum Gasteiger partial charge on any atom is -0.480 e. The van der Waals surface area contributed by atoms with Gasteiger partial charge in [-0.1, -0.05) is 0 Å². The Bertz CT molecular complexity index is 888. The molecule has 0 amide bonds. The molecule has 214 valence electrons. The molecule has 0 fully saturated rings. The van der Waals surface area contributed by atoms with Crippen molar-refractivity contribution in [2.45, 2.75) is 12.7 Å². The van der Waals surface area contributed by atoms with E-state index in [2.05, 4.69) is 25.6 Å². The highest BCUT2D eigenvalue weighted by Gasteiger charge is 2.18. The topological polar surface area (TPSA) is 245 Å². The van der Waals surface area contributed by atoms with Crippen molar-refractivity contribution in [1.82, 2.24) is 30.4 Å². The number of carboxylic acid groups (broad SMARTS) is 4. The fourth-order valence-electron chi connectivity index (χ4n) is 2.65. The number of hydrogen-bond acceptors (Lipinski definition) is 10. The van der Waals surface area contributed by atoms with Crippen LogP contribution >= 0.6 is 24.2 Å². The number of aromatic nitrogens is 2. The van der Waals surface area contributed by atoms with Crippen molar-refractivity contribution in [2.75, 3.05) is 58.6 Å². The standard InChI is InChI=1S/C10H16N6S.C10H16N2O8.ClH/c1-8-9(16-7-15-8)5-17-4-3-13-10(12-2)14-6-11;13-7(14)3-11(4-8(15)16)1-2-12(5-9(17)18)6-10(19)20;/h7H,3-5H2,1-2H3,(H,15,16)(H2,12,13,14);1-6H2,(H,13,14)(H,15,16)(H,17,18)(H,19,20);1H. The Morgan fingerprint density at radius 2 is 1.50 bits per heavy atom. The maximum Gasteiger partial charge on any atom is 0.317 e. The van der Waals surface area contributed by atoms with Gasteiger partial charge in [-0.05, 0) is 6.92 Å². The molecule has 0 aromatic carbocycles. The number of aliphatic imine (C=N–C) groups is 1. The van der Waals surface area contributed by atoms with E-state index >= 15 is 0 Å². The van der Waals surface area contributed by atoms with Gasteiger partial charge in [0.05, 0.1) is 38.2 Å². The van der Waals surface area contributed by atoms with E-state index in [9.17, 15) is 19.2 Å². The largest absolute Gasteiger partial charge is 0.480 e. The number of carbonyl (C=O) groups is 4. The Kier molecular flexibility index (Phi) is 20.7. The van der Waals surface area contributed by atoms with Crippen LogP contribution in [0.4, 0.5) is 0 Å². The predicted molar refractivity (Wildman–Crippen MR) is 140 cm³/mol. The molecule has 38 heavy (non-hydrogen) atoms. The van der Waals surface area contributed by atoms with Crippen LogP contribution in [0.3, 0.4) is 0 Å². The Morgan fingerprint density at radius 3 is 1.84 bits per heavy atom.